The van der Waals surface area contributed by atoms with Gasteiger partial charge in [-0.15, -0.1) is 0 Å². The normalized spacial score (nSPS) is 9.62. The monoisotopic (exact) mass is 182 g/mol. The number of aryl methyl sites for hydroxylation is 1. The Kier molecular flexibility index (Phi) is 2.69. The summed E-state index contributed by atoms with van der Waals surface area (Å²) in [6.07, 6.45) is 2.10. The van der Waals surface area contributed by atoms with Crippen molar-refractivity contribution in [1.29, 1.82) is 0 Å². The van der Waals surface area contributed by atoms with Crippen LogP contribution in [0.1, 0.15) is 17.4 Å². The lowest BCUT2D eigenvalue weighted by Gasteiger charge is -1.98. The molecule has 0 atom stereocenters. The van der Waals surface area contributed by atoms with Crippen molar-refractivity contribution in [2.24, 2.45) is 0 Å². The molecule has 5 nitrogen and oxygen atoms in total. The minimum Gasteiger partial charge on any atom is -0.477 e. The van der Waals surface area contributed by atoms with Crippen LogP contribution in [-0.4, -0.2) is 22.1 Å². The molecule has 0 aliphatic rings. The second kappa shape index (κ2) is 3.75. The molecule has 0 saturated heterocycles. The zero-order valence-electron chi connectivity index (χ0n) is 7.15. The third-order valence-electron chi connectivity index (χ3n) is 1.68. The highest BCUT2D eigenvalue weighted by Crippen LogP contribution is 2.13. The molecule has 0 aliphatic heterocycles. The summed E-state index contributed by atoms with van der Waals surface area (Å²) in [6.45, 7) is 2.39. The number of carboxylic acids is 1. The van der Waals surface area contributed by atoms with Gasteiger partial charge in [0.05, 0.1) is 5.69 Å². The number of carboxylic acid groups (broad SMARTS) is 1. The van der Waals surface area contributed by atoms with Crippen LogP contribution in [0, 0.1) is 0 Å². The maximum Gasteiger partial charge on any atom is 0.352 e. The highest BCUT2D eigenvalue weighted by molar-refractivity contribution is 5.88. The first-order chi connectivity index (χ1) is 6.19. The topological polar surface area (TPSA) is 71.3 Å². The molecule has 0 unspecified atom stereocenters. The van der Waals surface area contributed by atoms with Gasteiger partial charge in [-0.1, -0.05) is 0 Å². The molecule has 0 bridgehead atoms. The molecule has 1 amide bonds. The fourth-order valence-electron chi connectivity index (χ4n) is 1.10. The number of nitrogens with one attached hydrogen (secondary N) is 1. The number of amides is 1. The minimum atomic E-state index is -0.999. The largest absolute Gasteiger partial charge is 0.477 e. The van der Waals surface area contributed by atoms with E-state index in [0.717, 1.165) is 0 Å². The molecule has 5 heteroatoms. The Morgan fingerprint density at radius 3 is 2.85 bits per heavy atom. The van der Waals surface area contributed by atoms with Crippen molar-refractivity contribution < 1.29 is 14.7 Å². The number of aromatic carboxylic acids is 1. The summed E-state index contributed by atoms with van der Waals surface area (Å²) in [5.41, 5.74) is 0.668. The summed E-state index contributed by atoms with van der Waals surface area (Å²) in [6, 6.07) is 1.42. The van der Waals surface area contributed by atoms with Gasteiger partial charge in [-0.05, 0) is 13.0 Å². The van der Waals surface area contributed by atoms with Crippen LogP contribution in [-0.2, 0) is 11.3 Å². The van der Waals surface area contributed by atoms with Crippen LogP contribution < -0.4 is 5.32 Å². The van der Waals surface area contributed by atoms with Gasteiger partial charge in [-0.3, -0.25) is 4.79 Å². The molecule has 0 saturated carbocycles. The van der Waals surface area contributed by atoms with Gasteiger partial charge >= 0.3 is 5.97 Å². The number of aromatic nitrogens is 1. The minimum absolute atomic E-state index is 0.173. The molecule has 0 aliphatic carbocycles. The van der Waals surface area contributed by atoms with Crippen LogP contribution >= 0.6 is 0 Å². The molecular weight excluding hydrogens is 172 g/mol. The van der Waals surface area contributed by atoms with E-state index in [1.54, 1.807) is 10.8 Å². The Morgan fingerprint density at radius 1 is 1.77 bits per heavy atom. The van der Waals surface area contributed by atoms with E-state index in [1.807, 2.05) is 6.92 Å². The summed E-state index contributed by atoms with van der Waals surface area (Å²) in [4.78, 5) is 20.7. The fourth-order valence-corrected chi connectivity index (χ4v) is 1.10. The quantitative estimate of drug-likeness (QED) is 0.676. The molecule has 1 heterocycles. The number of carbonyl (C=O) groups excluding carboxylic acids is 1. The van der Waals surface area contributed by atoms with Crippen molar-refractivity contribution in [2.45, 2.75) is 13.5 Å². The molecule has 70 valence electrons. The molecule has 0 spiro atoms. The Balaban J connectivity index is 3.03. The average Bonchev–Trinajstić information content (AvgIpc) is 2.48. The Morgan fingerprint density at radius 2 is 2.46 bits per heavy atom. The summed E-state index contributed by atoms with van der Waals surface area (Å²) in [5, 5.41) is 11.1. The van der Waals surface area contributed by atoms with E-state index >= 15 is 0 Å². The van der Waals surface area contributed by atoms with Crippen molar-refractivity contribution in [2.75, 3.05) is 5.32 Å². The third-order valence-corrected chi connectivity index (χ3v) is 1.68. The third kappa shape index (κ3) is 1.87. The van der Waals surface area contributed by atoms with Gasteiger partial charge in [0.2, 0.25) is 6.41 Å². The zero-order chi connectivity index (χ0) is 9.84. The van der Waals surface area contributed by atoms with E-state index in [9.17, 15) is 9.59 Å². The lowest BCUT2D eigenvalue weighted by Crippen LogP contribution is -2.05. The second-order valence-corrected chi connectivity index (χ2v) is 2.47. The van der Waals surface area contributed by atoms with Crippen molar-refractivity contribution in [1.82, 2.24) is 4.57 Å². The molecule has 2 N–H and O–H groups in total. The van der Waals surface area contributed by atoms with Crippen molar-refractivity contribution in [3.8, 4) is 0 Å². The predicted octanol–water partition coefficient (Wildman–Crippen LogP) is 0.774. The Labute approximate surface area is 75.0 Å². The molecule has 1 aromatic heterocycles. The van der Waals surface area contributed by atoms with Gasteiger partial charge in [0.1, 0.15) is 5.69 Å². The van der Waals surface area contributed by atoms with Crippen molar-refractivity contribution in [3.63, 3.8) is 0 Å². The molecule has 1 rings (SSSR count). The number of carbonyl (C=O) groups is 2. The van der Waals surface area contributed by atoms with Crippen molar-refractivity contribution in [3.05, 3.63) is 18.0 Å². The molecule has 0 aromatic carbocycles. The summed E-state index contributed by atoms with van der Waals surface area (Å²) in [5.74, 6) is -0.999. The molecule has 0 radical (unpaired) electrons. The standard InChI is InChI=1S/C8H10N2O3/c1-2-10-4-6(9-5-11)3-7(10)8(12)13/h3-5H,2H2,1H3,(H,9,11)(H,12,13). The maximum atomic E-state index is 10.7. The number of hydrogen-bond acceptors (Lipinski definition) is 2. The summed E-state index contributed by atoms with van der Waals surface area (Å²) < 4.78 is 1.55. The van der Waals surface area contributed by atoms with E-state index in [1.165, 1.54) is 6.07 Å². The lowest BCUT2D eigenvalue weighted by atomic mass is 10.4. The van der Waals surface area contributed by atoms with Crippen LogP contribution in [0.3, 0.4) is 0 Å². The molecular formula is C8H10N2O3. The lowest BCUT2D eigenvalue weighted by molar-refractivity contribution is -0.105. The number of anilines is 1. The van der Waals surface area contributed by atoms with E-state index in [0.29, 0.717) is 18.6 Å². The second-order valence-electron chi connectivity index (χ2n) is 2.47. The van der Waals surface area contributed by atoms with Gasteiger partial charge in [0, 0.05) is 12.7 Å². The average molecular weight is 182 g/mol. The van der Waals surface area contributed by atoms with Crippen LogP contribution in [0.5, 0.6) is 0 Å². The van der Waals surface area contributed by atoms with Crippen LogP contribution in [0.4, 0.5) is 5.69 Å². The van der Waals surface area contributed by atoms with E-state index in [4.69, 9.17) is 5.11 Å². The maximum absolute atomic E-state index is 10.7. The zero-order valence-corrected chi connectivity index (χ0v) is 7.15. The Bertz CT molecular complexity index is 330. The first-order valence-corrected chi connectivity index (χ1v) is 3.82. The van der Waals surface area contributed by atoms with Gasteiger partial charge in [0.15, 0.2) is 0 Å². The van der Waals surface area contributed by atoms with Crippen molar-refractivity contribution >= 4 is 18.1 Å². The summed E-state index contributed by atoms with van der Waals surface area (Å²) in [7, 11) is 0. The van der Waals surface area contributed by atoms with Gasteiger partial charge in [-0.25, -0.2) is 4.79 Å². The molecule has 1 aromatic rings. The highest BCUT2D eigenvalue weighted by Gasteiger charge is 2.10. The predicted molar refractivity (Wildman–Crippen MR) is 46.8 cm³/mol. The SMILES string of the molecule is CCn1cc(NC=O)cc1C(=O)O. The van der Waals surface area contributed by atoms with Crippen LogP contribution in [0.25, 0.3) is 0 Å². The van der Waals surface area contributed by atoms with Crippen LogP contribution in [0.2, 0.25) is 0 Å². The Hall–Kier alpha value is -1.78. The molecule has 13 heavy (non-hydrogen) atoms. The number of hydrogen-bond donors (Lipinski definition) is 2. The van der Waals surface area contributed by atoms with Crippen LogP contribution in [0.15, 0.2) is 12.3 Å². The summed E-state index contributed by atoms with van der Waals surface area (Å²) >= 11 is 0. The molecule has 0 fully saturated rings. The number of rotatable bonds is 4. The highest BCUT2D eigenvalue weighted by atomic mass is 16.4. The first-order valence-electron chi connectivity index (χ1n) is 3.82. The van der Waals surface area contributed by atoms with Gasteiger partial charge < -0.3 is 15.0 Å². The van der Waals surface area contributed by atoms with Gasteiger partial charge in [-0.2, -0.15) is 0 Å². The van der Waals surface area contributed by atoms with E-state index in [-0.39, 0.29) is 5.69 Å². The fraction of sp³-hybridized carbons (Fsp3) is 0.250. The first kappa shape index (κ1) is 9.31. The van der Waals surface area contributed by atoms with Gasteiger partial charge in [0.25, 0.3) is 0 Å². The van der Waals surface area contributed by atoms with E-state index < -0.39 is 5.97 Å². The smallest absolute Gasteiger partial charge is 0.352 e. The van der Waals surface area contributed by atoms with E-state index in [2.05, 4.69) is 5.32 Å². The number of nitrogens with zero attached hydrogens (tertiary/aromatic N) is 1.